The van der Waals surface area contributed by atoms with Crippen molar-refractivity contribution in [3.8, 4) is 0 Å². The number of methoxy groups -OCH3 is 1. The van der Waals surface area contributed by atoms with Gasteiger partial charge in [0.1, 0.15) is 0 Å². The van der Waals surface area contributed by atoms with Crippen molar-refractivity contribution in [3.05, 3.63) is 29.7 Å². The average Bonchev–Trinajstić information content (AvgIpc) is 3.46. The van der Waals surface area contributed by atoms with Gasteiger partial charge in [0, 0.05) is 65.1 Å². The molecule has 31 heavy (non-hydrogen) atoms. The van der Waals surface area contributed by atoms with Crippen molar-refractivity contribution in [2.75, 3.05) is 40.0 Å². The van der Waals surface area contributed by atoms with Gasteiger partial charge in [-0.1, -0.05) is 5.16 Å². The Labute approximate surface area is 183 Å². The van der Waals surface area contributed by atoms with E-state index in [0.717, 1.165) is 57.4 Å². The van der Waals surface area contributed by atoms with E-state index in [1.165, 1.54) is 0 Å². The van der Waals surface area contributed by atoms with Crippen molar-refractivity contribution in [2.45, 2.75) is 63.3 Å². The van der Waals surface area contributed by atoms with Crippen LogP contribution in [-0.4, -0.2) is 70.7 Å². The lowest BCUT2D eigenvalue weighted by Crippen LogP contribution is -2.49. The summed E-state index contributed by atoms with van der Waals surface area (Å²) in [5, 5.41) is 8.68. The second-order valence-electron chi connectivity index (χ2n) is 8.82. The minimum Gasteiger partial charge on any atom is -0.385 e. The second-order valence-corrected chi connectivity index (χ2v) is 8.82. The molecule has 2 aromatic rings. The number of aryl methyl sites for hydroxylation is 2. The van der Waals surface area contributed by atoms with Crippen LogP contribution < -0.4 is 0 Å². The molecule has 2 aromatic heterocycles. The number of hydrogen-bond acceptors (Lipinski definition) is 7. The van der Waals surface area contributed by atoms with E-state index in [1.54, 1.807) is 7.11 Å². The maximum Gasteiger partial charge on any atom is 0.229 e. The predicted octanol–water partition coefficient (Wildman–Crippen LogP) is 2.46. The summed E-state index contributed by atoms with van der Waals surface area (Å²) in [7, 11) is 1.70. The van der Waals surface area contributed by atoms with E-state index in [-0.39, 0.29) is 17.2 Å². The number of amides is 1. The lowest BCUT2D eigenvalue weighted by molar-refractivity contribution is -0.134. The monoisotopic (exact) mass is 431 g/mol. The molecule has 0 spiro atoms. The van der Waals surface area contributed by atoms with Crippen molar-refractivity contribution in [3.63, 3.8) is 0 Å². The third-order valence-electron chi connectivity index (χ3n) is 6.52. The first kappa shape index (κ1) is 22.0. The molecule has 2 saturated heterocycles. The van der Waals surface area contributed by atoms with Crippen LogP contribution in [0.5, 0.6) is 0 Å². The molecule has 1 unspecified atom stereocenters. The highest BCUT2D eigenvalue weighted by Gasteiger charge is 2.42. The molecule has 0 radical (unpaired) electrons. The molecule has 1 atom stereocenters. The molecule has 9 heteroatoms. The van der Waals surface area contributed by atoms with Crippen molar-refractivity contribution < 1.29 is 18.8 Å². The molecular weight excluding hydrogens is 398 g/mol. The standard InChI is InChI=1S/C22H33N5O4/c1-17-14-23-27(15-17)10-4-19(28)26-9-3-7-22(16-26,8-13-29-2)21-24-20(31-25-21)18-5-11-30-12-6-18/h14-15,18H,3-13,16H2,1-2H3. The molecule has 2 aliphatic heterocycles. The molecule has 1 amide bonds. The normalized spacial score (nSPS) is 22.7. The molecule has 4 heterocycles. The molecule has 0 aliphatic carbocycles. The van der Waals surface area contributed by atoms with E-state index in [0.29, 0.717) is 37.8 Å². The summed E-state index contributed by atoms with van der Waals surface area (Å²) in [5.74, 6) is 1.81. The smallest absolute Gasteiger partial charge is 0.229 e. The lowest BCUT2D eigenvalue weighted by atomic mass is 9.76. The van der Waals surface area contributed by atoms with Crippen LogP contribution in [0.25, 0.3) is 0 Å². The maximum atomic E-state index is 13.0. The number of carbonyl (C=O) groups is 1. The number of piperidine rings is 1. The molecule has 0 bridgehead atoms. The molecule has 4 rings (SSSR count). The van der Waals surface area contributed by atoms with Crippen molar-refractivity contribution in [1.29, 1.82) is 0 Å². The molecule has 170 valence electrons. The van der Waals surface area contributed by atoms with E-state index in [2.05, 4.69) is 10.3 Å². The zero-order valence-corrected chi connectivity index (χ0v) is 18.6. The number of likely N-dealkylation sites (tertiary alicyclic amines) is 1. The number of hydrogen-bond donors (Lipinski definition) is 0. The van der Waals surface area contributed by atoms with Gasteiger partial charge in [-0.05, 0) is 44.6 Å². The summed E-state index contributed by atoms with van der Waals surface area (Å²) in [6.45, 7) is 6.00. The van der Waals surface area contributed by atoms with Crippen LogP contribution >= 0.6 is 0 Å². The van der Waals surface area contributed by atoms with Crippen molar-refractivity contribution in [1.82, 2.24) is 24.8 Å². The number of ether oxygens (including phenoxy) is 2. The van der Waals surface area contributed by atoms with Crippen LogP contribution in [0, 0.1) is 6.92 Å². The zero-order chi connectivity index (χ0) is 21.7. The van der Waals surface area contributed by atoms with E-state index >= 15 is 0 Å². The number of rotatable bonds is 8. The quantitative estimate of drug-likeness (QED) is 0.633. The van der Waals surface area contributed by atoms with Gasteiger partial charge in [-0.3, -0.25) is 9.48 Å². The van der Waals surface area contributed by atoms with Crippen LogP contribution in [0.2, 0.25) is 0 Å². The Morgan fingerprint density at radius 2 is 2.19 bits per heavy atom. The fraction of sp³-hybridized carbons (Fsp3) is 0.727. The highest BCUT2D eigenvalue weighted by molar-refractivity contribution is 5.76. The summed E-state index contributed by atoms with van der Waals surface area (Å²) < 4.78 is 18.4. The third kappa shape index (κ3) is 5.15. The van der Waals surface area contributed by atoms with Gasteiger partial charge < -0.3 is 18.9 Å². The summed E-state index contributed by atoms with van der Waals surface area (Å²) in [6, 6.07) is 0. The maximum absolute atomic E-state index is 13.0. The van der Waals surface area contributed by atoms with Gasteiger partial charge in [0.25, 0.3) is 0 Å². The van der Waals surface area contributed by atoms with Crippen LogP contribution in [0.1, 0.15) is 61.7 Å². The minimum absolute atomic E-state index is 0.141. The lowest BCUT2D eigenvalue weighted by Gasteiger charge is -2.41. The molecule has 2 fully saturated rings. The van der Waals surface area contributed by atoms with Crippen molar-refractivity contribution in [2.24, 2.45) is 0 Å². The Morgan fingerprint density at radius 1 is 1.35 bits per heavy atom. The molecule has 2 aliphatic rings. The van der Waals surface area contributed by atoms with E-state index in [1.807, 2.05) is 28.9 Å². The first-order valence-corrected chi connectivity index (χ1v) is 11.3. The number of carbonyl (C=O) groups excluding carboxylic acids is 1. The van der Waals surface area contributed by atoms with Crippen LogP contribution in [0.4, 0.5) is 0 Å². The first-order valence-electron chi connectivity index (χ1n) is 11.3. The predicted molar refractivity (Wildman–Crippen MR) is 113 cm³/mol. The van der Waals surface area contributed by atoms with Gasteiger partial charge in [-0.2, -0.15) is 10.1 Å². The van der Waals surface area contributed by atoms with Gasteiger partial charge >= 0.3 is 0 Å². The van der Waals surface area contributed by atoms with Gasteiger partial charge in [0.2, 0.25) is 11.8 Å². The van der Waals surface area contributed by atoms with Crippen molar-refractivity contribution >= 4 is 5.91 Å². The zero-order valence-electron chi connectivity index (χ0n) is 18.6. The topological polar surface area (TPSA) is 95.5 Å². The van der Waals surface area contributed by atoms with Gasteiger partial charge in [0.05, 0.1) is 11.6 Å². The second kappa shape index (κ2) is 9.91. The number of nitrogens with zero attached hydrogens (tertiary/aromatic N) is 5. The summed E-state index contributed by atoms with van der Waals surface area (Å²) in [4.78, 5) is 19.8. The molecule has 9 nitrogen and oxygen atoms in total. The van der Waals surface area contributed by atoms with Crippen LogP contribution in [-0.2, 0) is 26.2 Å². The number of aromatic nitrogens is 4. The summed E-state index contributed by atoms with van der Waals surface area (Å²) in [5.41, 5.74) is 0.764. The Bertz CT molecular complexity index is 860. The SMILES string of the molecule is COCCC1(c2noc(C3CCOCC3)n2)CCCN(C(=O)CCn2cc(C)cn2)C1. The van der Waals surface area contributed by atoms with Crippen LogP contribution in [0.3, 0.4) is 0 Å². The van der Waals surface area contributed by atoms with E-state index < -0.39 is 0 Å². The van der Waals surface area contributed by atoms with Gasteiger partial charge in [-0.25, -0.2) is 0 Å². The molecule has 0 N–H and O–H groups in total. The summed E-state index contributed by atoms with van der Waals surface area (Å²) >= 11 is 0. The Balaban J connectivity index is 1.46. The first-order chi connectivity index (χ1) is 15.1. The molecule has 0 saturated carbocycles. The highest BCUT2D eigenvalue weighted by atomic mass is 16.5. The largest absolute Gasteiger partial charge is 0.385 e. The fourth-order valence-electron chi connectivity index (χ4n) is 4.66. The Hall–Kier alpha value is -2.26. The summed E-state index contributed by atoms with van der Waals surface area (Å²) in [6.07, 6.45) is 8.62. The van der Waals surface area contributed by atoms with Gasteiger partial charge in [0.15, 0.2) is 5.82 Å². The average molecular weight is 432 g/mol. The molecule has 0 aromatic carbocycles. The van der Waals surface area contributed by atoms with Crippen LogP contribution in [0.15, 0.2) is 16.9 Å². The van der Waals surface area contributed by atoms with Gasteiger partial charge in [-0.15, -0.1) is 0 Å². The molecular formula is C22H33N5O4. The highest BCUT2D eigenvalue weighted by Crippen LogP contribution is 2.37. The van der Waals surface area contributed by atoms with E-state index in [9.17, 15) is 4.79 Å². The Morgan fingerprint density at radius 3 is 2.94 bits per heavy atom. The fourth-order valence-corrected chi connectivity index (χ4v) is 4.66. The Kier molecular flexibility index (Phi) is 7.02. The minimum atomic E-state index is -0.334. The third-order valence-corrected chi connectivity index (χ3v) is 6.52. The van der Waals surface area contributed by atoms with E-state index in [4.69, 9.17) is 19.0 Å².